The van der Waals surface area contributed by atoms with Gasteiger partial charge >= 0.3 is 0 Å². The second-order valence-corrected chi connectivity index (χ2v) is 10.8. The van der Waals surface area contributed by atoms with Crippen molar-refractivity contribution in [1.82, 2.24) is 9.21 Å². The summed E-state index contributed by atoms with van der Waals surface area (Å²) in [5, 5.41) is 3.06. The average Bonchev–Trinajstić information content (AvgIpc) is 2.80. The van der Waals surface area contributed by atoms with Crippen LogP contribution in [0, 0.1) is 6.92 Å². The number of anilines is 1. The molecule has 4 rings (SSSR count). The van der Waals surface area contributed by atoms with Crippen LogP contribution in [0.3, 0.4) is 0 Å². The minimum Gasteiger partial charge on any atom is -0.324 e. The first-order chi connectivity index (χ1) is 15.4. The number of aryl methyl sites for hydroxylation is 4. The van der Waals surface area contributed by atoms with Crippen LogP contribution in [0.4, 0.5) is 5.69 Å². The summed E-state index contributed by atoms with van der Waals surface area (Å²) in [6.45, 7) is 6.24. The Hall–Kier alpha value is -2.22. The lowest BCUT2D eigenvalue weighted by Gasteiger charge is -2.33. The van der Waals surface area contributed by atoms with Gasteiger partial charge in [0.2, 0.25) is 15.9 Å². The molecular weight excluding hydrogens is 422 g/mol. The summed E-state index contributed by atoms with van der Waals surface area (Å²) >= 11 is 0. The first-order valence-corrected chi connectivity index (χ1v) is 13.0. The van der Waals surface area contributed by atoms with Gasteiger partial charge in [0.15, 0.2) is 0 Å². The van der Waals surface area contributed by atoms with E-state index in [1.165, 1.54) is 17.5 Å². The third-order valence-corrected chi connectivity index (χ3v) is 8.56. The summed E-state index contributed by atoms with van der Waals surface area (Å²) in [5.41, 5.74) is 5.53. The molecular formula is C25H33N3O3S. The Morgan fingerprint density at radius 1 is 1.00 bits per heavy atom. The molecule has 0 atom stereocenters. The van der Waals surface area contributed by atoms with Crippen molar-refractivity contribution in [1.29, 1.82) is 0 Å². The summed E-state index contributed by atoms with van der Waals surface area (Å²) in [6, 6.07) is 11.7. The van der Waals surface area contributed by atoms with Crippen molar-refractivity contribution >= 4 is 21.6 Å². The van der Waals surface area contributed by atoms with E-state index in [1.807, 2.05) is 42.2 Å². The molecule has 1 aliphatic carbocycles. The zero-order valence-corrected chi connectivity index (χ0v) is 19.9. The smallest absolute Gasteiger partial charge is 0.243 e. The fourth-order valence-corrected chi connectivity index (χ4v) is 6.20. The fourth-order valence-electron chi connectivity index (χ4n) is 4.73. The molecule has 0 radical (unpaired) electrons. The predicted octanol–water partition coefficient (Wildman–Crippen LogP) is 3.38. The molecule has 172 valence electrons. The lowest BCUT2D eigenvalue weighted by atomic mass is 9.92. The van der Waals surface area contributed by atoms with Crippen molar-refractivity contribution in [3.05, 3.63) is 58.7 Å². The van der Waals surface area contributed by atoms with E-state index >= 15 is 0 Å². The average molecular weight is 456 g/mol. The molecule has 2 aromatic carbocycles. The van der Waals surface area contributed by atoms with Crippen molar-refractivity contribution < 1.29 is 13.2 Å². The van der Waals surface area contributed by atoms with Gasteiger partial charge in [-0.3, -0.25) is 9.69 Å². The molecule has 0 unspecified atom stereocenters. The number of fused-ring (bicyclic) bond motifs is 1. The number of hydrogen-bond acceptors (Lipinski definition) is 4. The van der Waals surface area contributed by atoms with E-state index in [2.05, 4.69) is 12.2 Å². The summed E-state index contributed by atoms with van der Waals surface area (Å²) in [5.74, 6) is -0.0556. The maximum absolute atomic E-state index is 13.2. The van der Waals surface area contributed by atoms with Gasteiger partial charge in [0.25, 0.3) is 0 Å². The SMILES string of the molecule is CCc1cccc(C)c1NC(=O)CN1CCN(S(=O)(=O)c2ccc3c(c2)CCCC3)CC1. The summed E-state index contributed by atoms with van der Waals surface area (Å²) in [6.07, 6.45) is 5.16. The number of rotatable bonds is 6. The first-order valence-electron chi connectivity index (χ1n) is 11.6. The molecule has 6 nitrogen and oxygen atoms in total. The maximum Gasteiger partial charge on any atom is 0.243 e. The summed E-state index contributed by atoms with van der Waals surface area (Å²) in [4.78, 5) is 15.1. The Kier molecular flexibility index (Phi) is 6.98. The molecule has 0 spiro atoms. The third kappa shape index (κ3) is 4.90. The Labute approximate surface area is 191 Å². The minimum absolute atomic E-state index is 0.0556. The zero-order valence-electron chi connectivity index (χ0n) is 19.1. The Balaban J connectivity index is 1.35. The van der Waals surface area contributed by atoms with Crippen LogP contribution in [0.1, 0.15) is 42.0 Å². The van der Waals surface area contributed by atoms with E-state index in [1.54, 1.807) is 10.4 Å². The van der Waals surface area contributed by atoms with Crippen LogP contribution >= 0.6 is 0 Å². The Morgan fingerprint density at radius 2 is 1.72 bits per heavy atom. The number of benzene rings is 2. The number of sulfonamides is 1. The van der Waals surface area contributed by atoms with Crippen LogP contribution in [0.5, 0.6) is 0 Å². The molecule has 2 aromatic rings. The fraction of sp³-hybridized carbons (Fsp3) is 0.480. The molecule has 1 heterocycles. The van der Waals surface area contributed by atoms with Crippen LogP contribution < -0.4 is 5.32 Å². The molecule has 7 heteroatoms. The van der Waals surface area contributed by atoms with Crippen LogP contribution in [0.25, 0.3) is 0 Å². The van der Waals surface area contributed by atoms with Crippen molar-refractivity contribution in [3.63, 3.8) is 0 Å². The van der Waals surface area contributed by atoms with Gasteiger partial charge in [0.05, 0.1) is 11.4 Å². The number of hydrogen-bond donors (Lipinski definition) is 1. The molecule has 0 bridgehead atoms. The zero-order chi connectivity index (χ0) is 22.7. The second-order valence-electron chi connectivity index (χ2n) is 8.83. The largest absolute Gasteiger partial charge is 0.324 e. The lowest BCUT2D eigenvalue weighted by molar-refractivity contribution is -0.117. The maximum atomic E-state index is 13.2. The van der Waals surface area contributed by atoms with Gasteiger partial charge in [-0.2, -0.15) is 4.31 Å². The highest BCUT2D eigenvalue weighted by atomic mass is 32.2. The first kappa shape index (κ1) is 23.0. The second kappa shape index (κ2) is 9.73. The minimum atomic E-state index is -3.50. The highest BCUT2D eigenvalue weighted by molar-refractivity contribution is 7.89. The number of carbonyl (C=O) groups is 1. The standard InChI is InChI=1S/C25H33N3O3S/c1-3-20-10-6-7-19(2)25(20)26-24(29)18-27-13-15-28(16-14-27)32(30,31)23-12-11-21-8-4-5-9-22(21)17-23/h6-7,10-12,17H,3-5,8-9,13-16,18H2,1-2H3,(H,26,29). The molecule has 1 aliphatic heterocycles. The van der Waals surface area contributed by atoms with Crippen LogP contribution in [0.2, 0.25) is 0 Å². The Bertz CT molecular complexity index is 1090. The van der Waals surface area contributed by atoms with Crippen molar-refractivity contribution in [3.8, 4) is 0 Å². The number of nitrogens with zero attached hydrogens (tertiary/aromatic N) is 2. The van der Waals surface area contributed by atoms with Gasteiger partial charge in [-0.25, -0.2) is 8.42 Å². The van der Waals surface area contributed by atoms with Crippen LogP contribution in [-0.4, -0.2) is 56.3 Å². The summed E-state index contributed by atoms with van der Waals surface area (Å²) in [7, 11) is -3.50. The van der Waals surface area contributed by atoms with Gasteiger partial charge < -0.3 is 5.32 Å². The number of para-hydroxylation sites is 1. The monoisotopic (exact) mass is 455 g/mol. The van der Waals surface area contributed by atoms with Gasteiger partial charge in [-0.1, -0.05) is 31.2 Å². The molecule has 1 saturated heterocycles. The predicted molar refractivity (Wildman–Crippen MR) is 127 cm³/mol. The normalized spacial score (nSPS) is 17.7. The van der Waals surface area contributed by atoms with Gasteiger partial charge in [0.1, 0.15) is 0 Å². The third-order valence-electron chi connectivity index (χ3n) is 6.66. The highest BCUT2D eigenvalue weighted by Gasteiger charge is 2.30. The van der Waals surface area contributed by atoms with E-state index in [0.717, 1.165) is 42.5 Å². The van der Waals surface area contributed by atoms with E-state index in [9.17, 15) is 13.2 Å². The lowest BCUT2D eigenvalue weighted by Crippen LogP contribution is -2.50. The van der Waals surface area contributed by atoms with Crippen LogP contribution in [-0.2, 0) is 34.1 Å². The van der Waals surface area contributed by atoms with E-state index < -0.39 is 10.0 Å². The molecule has 32 heavy (non-hydrogen) atoms. The Morgan fingerprint density at radius 3 is 2.44 bits per heavy atom. The van der Waals surface area contributed by atoms with Crippen molar-refractivity contribution in [2.75, 3.05) is 38.0 Å². The van der Waals surface area contributed by atoms with E-state index in [-0.39, 0.29) is 12.5 Å². The molecule has 0 saturated carbocycles. The van der Waals surface area contributed by atoms with Gasteiger partial charge in [-0.05, 0) is 73.4 Å². The molecule has 1 amide bonds. The molecule has 0 aromatic heterocycles. The van der Waals surface area contributed by atoms with E-state index in [4.69, 9.17) is 0 Å². The quantitative estimate of drug-likeness (QED) is 0.725. The highest BCUT2D eigenvalue weighted by Crippen LogP contribution is 2.26. The number of piperazine rings is 1. The number of carbonyl (C=O) groups excluding carboxylic acids is 1. The van der Waals surface area contributed by atoms with Gasteiger partial charge in [0, 0.05) is 31.9 Å². The van der Waals surface area contributed by atoms with Gasteiger partial charge in [-0.15, -0.1) is 0 Å². The van der Waals surface area contributed by atoms with Crippen LogP contribution in [0.15, 0.2) is 41.3 Å². The number of nitrogens with one attached hydrogen (secondary N) is 1. The number of amides is 1. The molecule has 2 aliphatic rings. The van der Waals surface area contributed by atoms with E-state index in [0.29, 0.717) is 31.1 Å². The molecule has 1 fully saturated rings. The molecule has 1 N–H and O–H groups in total. The topological polar surface area (TPSA) is 69.7 Å². The van der Waals surface area contributed by atoms with Crippen molar-refractivity contribution in [2.24, 2.45) is 0 Å². The summed E-state index contributed by atoms with van der Waals surface area (Å²) < 4.78 is 27.9. The van der Waals surface area contributed by atoms with Crippen molar-refractivity contribution in [2.45, 2.75) is 50.8 Å².